The first-order valence-corrected chi connectivity index (χ1v) is 9.26. The van der Waals surface area contributed by atoms with Gasteiger partial charge in [0.05, 0.1) is 18.7 Å². The standard InChI is InChI=1S/C21H24N4O/c1-3-15-5-7-16(8-6-15)19-13-20(25-21(24-19)22-14-23-25)17-9-11-18(12-10-17)26-4-2/h5-12,14,19-20H,3-4,13H2,1-2H3,(H,22,23,24). The van der Waals surface area contributed by atoms with Crippen LogP contribution in [0.2, 0.25) is 0 Å². The molecule has 3 aromatic rings. The van der Waals surface area contributed by atoms with Gasteiger partial charge in [-0.05, 0) is 48.6 Å². The van der Waals surface area contributed by atoms with Gasteiger partial charge in [-0.15, -0.1) is 0 Å². The Labute approximate surface area is 154 Å². The predicted molar refractivity (Wildman–Crippen MR) is 103 cm³/mol. The number of anilines is 1. The van der Waals surface area contributed by atoms with Gasteiger partial charge < -0.3 is 10.1 Å². The summed E-state index contributed by atoms with van der Waals surface area (Å²) in [7, 11) is 0. The second-order valence-corrected chi connectivity index (χ2v) is 6.57. The average molecular weight is 348 g/mol. The lowest BCUT2D eigenvalue weighted by molar-refractivity contribution is 0.340. The average Bonchev–Trinajstić information content (AvgIpc) is 3.17. The highest BCUT2D eigenvalue weighted by atomic mass is 16.5. The summed E-state index contributed by atoms with van der Waals surface area (Å²) in [5.41, 5.74) is 3.86. The Bertz CT molecular complexity index is 854. The molecule has 2 atom stereocenters. The number of ether oxygens (including phenoxy) is 1. The molecule has 0 amide bonds. The summed E-state index contributed by atoms with van der Waals surface area (Å²) in [6.07, 6.45) is 3.60. The number of aryl methyl sites for hydroxylation is 1. The van der Waals surface area contributed by atoms with E-state index < -0.39 is 0 Å². The van der Waals surface area contributed by atoms with Gasteiger partial charge in [0.15, 0.2) is 0 Å². The maximum Gasteiger partial charge on any atom is 0.222 e. The molecule has 0 aliphatic carbocycles. The van der Waals surface area contributed by atoms with Gasteiger partial charge in [0.25, 0.3) is 0 Å². The fourth-order valence-corrected chi connectivity index (χ4v) is 3.55. The number of nitrogens with one attached hydrogen (secondary N) is 1. The molecule has 1 aliphatic rings. The molecule has 0 bridgehead atoms. The highest BCUT2D eigenvalue weighted by Crippen LogP contribution is 2.37. The monoisotopic (exact) mass is 348 g/mol. The normalized spacial score (nSPS) is 18.8. The lowest BCUT2D eigenvalue weighted by Crippen LogP contribution is -2.28. The number of rotatable bonds is 5. The topological polar surface area (TPSA) is 52.0 Å². The molecule has 1 aromatic heterocycles. The minimum Gasteiger partial charge on any atom is -0.494 e. The molecule has 0 radical (unpaired) electrons. The van der Waals surface area contributed by atoms with Crippen molar-refractivity contribution in [3.8, 4) is 5.75 Å². The van der Waals surface area contributed by atoms with Crippen molar-refractivity contribution in [2.24, 2.45) is 0 Å². The molecule has 1 aliphatic heterocycles. The van der Waals surface area contributed by atoms with Crippen LogP contribution in [0.5, 0.6) is 5.75 Å². The third-order valence-corrected chi connectivity index (χ3v) is 5.00. The zero-order chi connectivity index (χ0) is 17.9. The molecule has 0 saturated heterocycles. The highest BCUT2D eigenvalue weighted by Gasteiger charge is 2.29. The quantitative estimate of drug-likeness (QED) is 0.743. The van der Waals surface area contributed by atoms with Crippen LogP contribution in [0.25, 0.3) is 0 Å². The summed E-state index contributed by atoms with van der Waals surface area (Å²) < 4.78 is 7.55. The molecule has 2 aromatic carbocycles. The molecule has 0 saturated carbocycles. The van der Waals surface area contributed by atoms with Crippen LogP contribution >= 0.6 is 0 Å². The molecular weight excluding hydrogens is 324 g/mol. The van der Waals surface area contributed by atoms with Gasteiger partial charge in [-0.2, -0.15) is 10.1 Å². The fourth-order valence-electron chi connectivity index (χ4n) is 3.55. The number of hydrogen-bond donors (Lipinski definition) is 1. The van der Waals surface area contributed by atoms with E-state index in [0.717, 1.165) is 24.5 Å². The first-order valence-electron chi connectivity index (χ1n) is 9.26. The van der Waals surface area contributed by atoms with Crippen molar-refractivity contribution in [1.29, 1.82) is 0 Å². The summed E-state index contributed by atoms with van der Waals surface area (Å²) in [5.74, 6) is 1.72. The second kappa shape index (κ2) is 7.20. The molecule has 0 fully saturated rings. The Hall–Kier alpha value is -2.82. The molecule has 1 N–H and O–H groups in total. The molecular formula is C21H24N4O. The van der Waals surface area contributed by atoms with Gasteiger partial charge in [0.2, 0.25) is 5.95 Å². The number of nitrogens with zero attached hydrogens (tertiary/aromatic N) is 3. The lowest BCUT2D eigenvalue weighted by atomic mass is 9.93. The van der Waals surface area contributed by atoms with Crippen LogP contribution in [0.4, 0.5) is 5.95 Å². The second-order valence-electron chi connectivity index (χ2n) is 6.57. The van der Waals surface area contributed by atoms with Crippen molar-refractivity contribution >= 4 is 5.95 Å². The van der Waals surface area contributed by atoms with E-state index in [1.807, 2.05) is 23.7 Å². The van der Waals surface area contributed by atoms with E-state index in [1.165, 1.54) is 16.7 Å². The van der Waals surface area contributed by atoms with E-state index in [9.17, 15) is 0 Å². The van der Waals surface area contributed by atoms with Gasteiger partial charge in [-0.1, -0.05) is 43.3 Å². The van der Waals surface area contributed by atoms with E-state index in [-0.39, 0.29) is 12.1 Å². The van der Waals surface area contributed by atoms with Crippen molar-refractivity contribution < 1.29 is 4.74 Å². The van der Waals surface area contributed by atoms with Crippen LogP contribution in [-0.2, 0) is 6.42 Å². The smallest absolute Gasteiger partial charge is 0.222 e. The summed E-state index contributed by atoms with van der Waals surface area (Å²) >= 11 is 0. The van der Waals surface area contributed by atoms with Gasteiger partial charge in [-0.3, -0.25) is 0 Å². The Balaban J connectivity index is 1.63. The first-order chi connectivity index (χ1) is 12.8. The SMILES string of the molecule is CCOc1ccc(C2CC(c3ccc(CC)cc3)Nc3ncnn32)cc1. The number of hydrogen-bond acceptors (Lipinski definition) is 4. The van der Waals surface area contributed by atoms with Gasteiger partial charge >= 0.3 is 0 Å². The van der Waals surface area contributed by atoms with E-state index in [4.69, 9.17) is 4.74 Å². The number of aromatic nitrogens is 3. The Morgan fingerprint density at radius 1 is 1.04 bits per heavy atom. The van der Waals surface area contributed by atoms with Crippen LogP contribution in [-0.4, -0.2) is 21.4 Å². The van der Waals surface area contributed by atoms with E-state index in [2.05, 4.69) is 58.7 Å². The van der Waals surface area contributed by atoms with Gasteiger partial charge in [-0.25, -0.2) is 4.68 Å². The molecule has 2 heterocycles. The van der Waals surface area contributed by atoms with Crippen LogP contribution in [0.15, 0.2) is 54.9 Å². The van der Waals surface area contributed by atoms with Crippen molar-refractivity contribution in [3.63, 3.8) is 0 Å². The highest BCUT2D eigenvalue weighted by molar-refractivity contribution is 5.39. The minimum absolute atomic E-state index is 0.153. The summed E-state index contributed by atoms with van der Waals surface area (Å²) in [4.78, 5) is 4.41. The van der Waals surface area contributed by atoms with E-state index in [1.54, 1.807) is 6.33 Å². The predicted octanol–water partition coefficient (Wildman–Crippen LogP) is 4.39. The van der Waals surface area contributed by atoms with E-state index in [0.29, 0.717) is 6.61 Å². The molecule has 26 heavy (non-hydrogen) atoms. The summed E-state index contributed by atoms with van der Waals surface area (Å²) in [6, 6.07) is 17.5. The van der Waals surface area contributed by atoms with Crippen LogP contribution in [0.3, 0.4) is 0 Å². The van der Waals surface area contributed by atoms with Gasteiger partial charge in [0.1, 0.15) is 12.1 Å². The Morgan fingerprint density at radius 3 is 2.46 bits per heavy atom. The molecule has 2 unspecified atom stereocenters. The summed E-state index contributed by atoms with van der Waals surface area (Å²) in [6.45, 7) is 4.85. The van der Waals surface area contributed by atoms with Crippen LogP contribution in [0, 0.1) is 0 Å². The largest absolute Gasteiger partial charge is 0.494 e. The molecule has 134 valence electrons. The third kappa shape index (κ3) is 3.17. The lowest BCUT2D eigenvalue weighted by Gasteiger charge is -2.32. The van der Waals surface area contributed by atoms with E-state index >= 15 is 0 Å². The van der Waals surface area contributed by atoms with Gasteiger partial charge in [0, 0.05) is 0 Å². The molecule has 5 heteroatoms. The third-order valence-electron chi connectivity index (χ3n) is 5.00. The zero-order valence-electron chi connectivity index (χ0n) is 15.2. The molecule has 5 nitrogen and oxygen atoms in total. The van der Waals surface area contributed by atoms with Crippen molar-refractivity contribution in [3.05, 3.63) is 71.5 Å². The van der Waals surface area contributed by atoms with Crippen LogP contribution < -0.4 is 10.1 Å². The number of fused-ring (bicyclic) bond motifs is 1. The van der Waals surface area contributed by atoms with Crippen molar-refractivity contribution in [2.45, 2.75) is 38.8 Å². The van der Waals surface area contributed by atoms with Crippen molar-refractivity contribution in [2.75, 3.05) is 11.9 Å². The maximum atomic E-state index is 5.57. The minimum atomic E-state index is 0.153. The van der Waals surface area contributed by atoms with Crippen molar-refractivity contribution in [1.82, 2.24) is 14.8 Å². The van der Waals surface area contributed by atoms with Crippen LogP contribution in [0.1, 0.15) is 49.0 Å². The Morgan fingerprint density at radius 2 is 1.77 bits per heavy atom. The maximum absolute atomic E-state index is 5.57. The fraction of sp³-hybridized carbons (Fsp3) is 0.333. The molecule has 0 spiro atoms. The Kier molecular flexibility index (Phi) is 4.61. The zero-order valence-corrected chi connectivity index (χ0v) is 15.2. The molecule has 4 rings (SSSR count). The summed E-state index contributed by atoms with van der Waals surface area (Å²) in [5, 5.41) is 7.97. The first kappa shape index (κ1) is 16.6. The number of benzene rings is 2.